The van der Waals surface area contributed by atoms with Crippen molar-refractivity contribution in [3.63, 3.8) is 0 Å². The summed E-state index contributed by atoms with van der Waals surface area (Å²) in [4.78, 5) is 19.2. The van der Waals surface area contributed by atoms with Gasteiger partial charge in [-0.2, -0.15) is 0 Å². The van der Waals surface area contributed by atoms with E-state index in [2.05, 4.69) is 15.1 Å². The second kappa shape index (κ2) is 6.13. The summed E-state index contributed by atoms with van der Waals surface area (Å²) < 4.78 is 15.3. The van der Waals surface area contributed by atoms with Crippen LogP contribution in [0, 0.1) is 5.82 Å². The van der Waals surface area contributed by atoms with Crippen LogP contribution in [0.2, 0.25) is 5.02 Å². The number of pyridine rings is 1. The van der Waals surface area contributed by atoms with E-state index in [-0.39, 0.29) is 22.2 Å². The Kier molecular flexibility index (Phi) is 4.03. The average molecular weight is 333 g/mol. The minimum Gasteiger partial charge on any atom is -0.480 e. The molecule has 116 valence electrons. The molecule has 0 bridgehead atoms. The number of carboxylic acids is 1. The van der Waals surface area contributed by atoms with Gasteiger partial charge in [-0.05, 0) is 30.3 Å². The van der Waals surface area contributed by atoms with E-state index in [4.69, 9.17) is 16.7 Å². The molecule has 0 aliphatic rings. The monoisotopic (exact) mass is 332 g/mol. The molecule has 3 aromatic rings. The molecule has 23 heavy (non-hydrogen) atoms. The van der Waals surface area contributed by atoms with Gasteiger partial charge in [-0.15, -0.1) is 5.10 Å². The maximum Gasteiger partial charge on any atom is 0.325 e. The molecule has 0 aliphatic carbocycles. The first-order chi connectivity index (χ1) is 11.0. The van der Waals surface area contributed by atoms with Gasteiger partial charge >= 0.3 is 5.97 Å². The van der Waals surface area contributed by atoms with Crippen LogP contribution >= 0.6 is 11.6 Å². The minimum atomic E-state index is -1.10. The molecule has 8 heteroatoms. The van der Waals surface area contributed by atoms with E-state index >= 15 is 0 Å². The van der Waals surface area contributed by atoms with Crippen molar-refractivity contribution in [2.24, 2.45) is 0 Å². The Morgan fingerprint density at radius 2 is 2.00 bits per heavy atom. The first-order valence-electron chi connectivity index (χ1n) is 6.57. The molecule has 2 heterocycles. The zero-order valence-electron chi connectivity index (χ0n) is 11.6. The second-order valence-corrected chi connectivity index (χ2v) is 5.11. The Hall–Kier alpha value is -2.80. The Morgan fingerprint density at radius 3 is 2.65 bits per heavy atom. The predicted octanol–water partition coefficient (Wildman–Crippen LogP) is 2.88. The number of aliphatic carboxylic acids is 1. The maximum absolute atomic E-state index is 14.1. The highest BCUT2D eigenvalue weighted by molar-refractivity contribution is 6.30. The number of carbonyl (C=O) groups is 1. The highest BCUT2D eigenvalue weighted by Crippen LogP contribution is 2.26. The lowest BCUT2D eigenvalue weighted by atomic mass is 10.2. The number of hydrogen-bond donors (Lipinski definition) is 1. The number of carboxylic acid groups (broad SMARTS) is 1. The van der Waals surface area contributed by atoms with Gasteiger partial charge in [0.25, 0.3) is 0 Å². The molecular formula is C15H10ClFN4O2. The molecule has 0 aliphatic heterocycles. The van der Waals surface area contributed by atoms with E-state index in [0.29, 0.717) is 5.56 Å². The Morgan fingerprint density at radius 1 is 1.26 bits per heavy atom. The number of aromatic nitrogens is 4. The summed E-state index contributed by atoms with van der Waals surface area (Å²) in [5.41, 5.74) is 0.781. The van der Waals surface area contributed by atoms with Gasteiger partial charge < -0.3 is 5.11 Å². The zero-order chi connectivity index (χ0) is 16.4. The number of benzene rings is 1. The van der Waals surface area contributed by atoms with Gasteiger partial charge in [0.15, 0.2) is 11.6 Å². The molecule has 0 saturated heterocycles. The van der Waals surface area contributed by atoms with Crippen molar-refractivity contribution in [2.75, 3.05) is 0 Å². The fourth-order valence-corrected chi connectivity index (χ4v) is 2.23. The molecule has 2 aromatic heterocycles. The van der Waals surface area contributed by atoms with Crippen LogP contribution in [-0.4, -0.2) is 30.8 Å². The quantitative estimate of drug-likeness (QED) is 0.794. The molecule has 0 fully saturated rings. The standard InChI is InChI=1S/C15H10ClFN4O2/c16-10-1-2-11(12(17)7-10)15-19-14(9-3-5-18-6-4-9)20-21(15)8-13(22)23/h1-7H,8H2,(H,22,23). The van der Waals surface area contributed by atoms with Crippen molar-refractivity contribution in [3.05, 3.63) is 53.6 Å². The van der Waals surface area contributed by atoms with Crippen LogP contribution in [-0.2, 0) is 11.3 Å². The Balaban J connectivity index is 2.14. The summed E-state index contributed by atoms with van der Waals surface area (Å²) >= 11 is 5.75. The Labute approximate surface area is 135 Å². The first-order valence-corrected chi connectivity index (χ1v) is 6.95. The number of hydrogen-bond acceptors (Lipinski definition) is 4. The third kappa shape index (κ3) is 3.19. The van der Waals surface area contributed by atoms with Gasteiger partial charge in [-0.3, -0.25) is 9.78 Å². The van der Waals surface area contributed by atoms with Crippen LogP contribution in [0.15, 0.2) is 42.7 Å². The van der Waals surface area contributed by atoms with Gasteiger partial charge in [-0.1, -0.05) is 11.6 Å². The van der Waals surface area contributed by atoms with E-state index in [1.165, 1.54) is 12.1 Å². The molecule has 0 unspecified atom stereocenters. The SMILES string of the molecule is O=C(O)Cn1nc(-c2ccncc2)nc1-c1ccc(Cl)cc1F. The molecule has 0 amide bonds. The summed E-state index contributed by atoms with van der Waals surface area (Å²) in [6.07, 6.45) is 3.13. The van der Waals surface area contributed by atoms with Gasteiger partial charge in [0.2, 0.25) is 0 Å². The van der Waals surface area contributed by atoms with Crippen LogP contribution in [0.5, 0.6) is 0 Å². The van der Waals surface area contributed by atoms with E-state index < -0.39 is 18.3 Å². The van der Waals surface area contributed by atoms with Crippen molar-refractivity contribution in [2.45, 2.75) is 6.54 Å². The first kappa shape index (κ1) is 15.1. The van der Waals surface area contributed by atoms with E-state index in [9.17, 15) is 9.18 Å². The molecule has 3 rings (SSSR count). The van der Waals surface area contributed by atoms with Crippen LogP contribution in [0.4, 0.5) is 4.39 Å². The largest absolute Gasteiger partial charge is 0.480 e. The topological polar surface area (TPSA) is 80.9 Å². The molecule has 0 radical (unpaired) electrons. The summed E-state index contributed by atoms with van der Waals surface area (Å²) in [5, 5.41) is 13.4. The van der Waals surface area contributed by atoms with Crippen LogP contribution in [0.25, 0.3) is 22.8 Å². The normalized spacial score (nSPS) is 10.7. The van der Waals surface area contributed by atoms with E-state index in [0.717, 1.165) is 10.7 Å². The van der Waals surface area contributed by atoms with Gasteiger partial charge in [0, 0.05) is 23.0 Å². The summed E-state index contributed by atoms with van der Waals surface area (Å²) in [5.74, 6) is -1.30. The van der Waals surface area contributed by atoms with Crippen LogP contribution in [0.1, 0.15) is 0 Å². The van der Waals surface area contributed by atoms with Crippen LogP contribution in [0.3, 0.4) is 0 Å². The van der Waals surface area contributed by atoms with Crippen molar-refractivity contribution < 1.29 is 14.3 Å². The van der Waals surface area contributed by atoms with Crippen molar-refractivity contribution in [1.29, 1.82) is 0 Å². The molecule has 0 spiro atoms. The van der Waals surface area contributed by atoms with E-state index in [1.807, 2.05) is 0 Å². The molecule has 1 aromatic carbocycles. The third-order valence-corrected chi connectivity index (χ3v) is 3.30. The smallest absolute Gasteiger partial charge is 0.325 e. The number of nitrogens with zero attached hydrogens (tertiary/aromatic N) is 4. The molecule has 6 nitrogen and oxygen atoms in total. The molecule has 0 atom stereocenters. The number of halogens is 2. The highest BCUT2D eigenvalue weighted by atomic mass is 35.5. The lowest BCUT2D eigenvalue weighted by Gasteiger charge is -2.04. The van der Waals surface area contributed by atoms with Gasteiger partial charge in [-0.25, -0.2) is 14.1 Å². The lowest BCUT2D eigenvalue weighted by Crippen LogP contribution is -2.12. The van der Waals surface area contributed by atoms with Gasteiger partial charge in [0.1, 0.15) is 12.4 Å². The summed E-state index contributed by atoms with van der Waals surface area (Å²) in [6, 6.07) is 7.45. The third-order valence-electron chi connectivity index (χ3n) is 3.07. The summed E-state index contributed by atoms with van der Waals surface area (Å²) in [6.45, 7) is -0.435. The second-order valence-electron chi connectivity index (χ2n) is 4.67. The molecule has 0 saturated carbocycles. The average Bonchev–Trinajstić information content (AvgIpc) is 2.91. The predicted molar refractivity (Wildman–Crippen MR) is 81.3 cm³/mol. The highest BCUT2D eigenvalue weighted by Gasteiger charge is 2.18. The molecule has 1 N–H and O–H groups in total. The van der Waals surface area contributed by atoms with Crippen molar-refractivity contribution in [1.82, 2.24) is 19.7 Å². The summed E-state index contributed by atoms with van der Waals surface area (Å²) in [7, 11) is 0. The molecular weight excluding hydrogens is 323 g/mol. The fraction of sp³-hybridized carbons (Fsp3) is 0.0667. The Bertz CT molecular complexity index is 867. The zero-order valence-corrected chi connectivity index (χ0v) is 12.4. The maximum atomic E-state index is 14.1. The van der Waals surface area contributed by atoms with Crippen LogP contribution < -0.4 is 0 Å². The van der Waals surface area contributed by atoms with E-state index in [1.54, 1.807) is 24.5 Å². The fourth-order valence-electron chi connectivity index (χ4n) is 2.07. The number of rotatable bonds is 4. The minimum absolute atomic E-state index is 0.119. The van der Waals surface area contributed by atoms with Gasteiger partial charge in [0.05, 0.1) is 5.56 Å². The van der Waals surface area contributed by atoms with Crippen molar-refractivity contribution in [3.8, 4) is 22.8 Å². The van der Waals surface area contributed by atoms with Crippen molar-refractivity contribution >= 4 is 17.6 Å². The lowest BCUT2D eigenvalue weighted by molar-refractivity contribution is -0.137.